The quantitative estimate of drug-likeness (QED) is 0.817. The van der Waals surface area contributed by atoms with E-state index in [1.807, 2.05) is 24.3 Å². The highest BCUT2D eigenvalue weighted by Gasteiger charge is 2.30. The largest absolute Gasteiger partial charge is 0.497 e. The van der Waals surface area contributed by atoms with Crippen LogP contribution in [0.4, 0.5) is 4.39 Å². The van der Waals surface area contributed by atoms with E-state index in [4.69, 9.17) is 17.0 Å². The summed E-state index contributed by atoms with van der Waals surface area (Å²) in [6, 6.07) is 12.7. The summed E-state index contributed by atoms with van der Waals surface area (Å²) in [6.45, 7) is 0. The summed E-state index contributed by atoms with van der Waals surface area (Å²) in [5.74, 6) is 0.593. The lowest BCUT2D eigenvalue weighted by molar-refractivity contribution is 0.414. The van der Waals surface area contributed by atoms with E-state index in [2.05, 4.69) is 16.7 Å². The van der Waals surface area contributed by atoms with Gasteiger partial charge in [-0.1, -0.05) is 18.2 Å². The van der Waals surface area contributed by atoms with Gasteiger partial charge in [-0.05, 0) is 66.0 Å². The summed E-state index contributed by atoms with van der Waals surface area (Å²) in [6.07, 6.45) is 1.89. The molecule has 122 valence electrons. The number of methoxy groups -OCH3 is 1. The third-order valence-corrected chi connectivity index (χ3v) is 4.86. The molecule has 0 fully saturated rings. The Bertz CT molecular complexity index is 845. The van der Waals surface area contributed by atoms with E-state index < -0.39 is 0 Å². The molecule has 1 heterocycles. The molecule has 2 N–H and O–H groups in total. The van der Waals surface area contributed by atoms with Crippen molar-refractivity contribution in [3.05, 3.63) is 70.5 Å². The van der Waals surface area contributed by atoms with Crippen molar-refractivity contribution in [1.82, 2.24) is 10.6 Å². The van der Waals surface area contributed by atoms with Crippen molar-refractivity contribution in [3.63, 3.8) is 0 Å². The van der Waals surface area contributed by atoms with Crippen LogP contribution in [0.2, 0.25) is 0 Å². The van der Waals surface area contributed by atoms with Crippen molar-refractivity contribution < 1.29 is 9.13 Å². The van der Waals surface area contributed by atoms with E-state index >= 15 is 0 Å². The van der Waals surface area contributed by atoms with E-state index in [0.29, 0.717) is 5.11 Å². The molecule has 0 saturated carbocycles. The molecule has 1 aliphatic carbocycles. The Balaban J connectivity index is 1.83. The molecule has 1 aliphatic heterocycles. The Morgan fingerprint density at radius 2 is 1.92 bits per heavy atom. The SMILES string of the molecule is COc1ccc2c(c1)C1=C(CC2)C(c2ccc(F)cc2)NC(=S)N1. The van der Waals surface area contributed by atoms with Gasteiger partial charge in [0.1, 0.15) is 11.6 Å². The second-order valence-corrected chi connectivity index (χ2v) is 6.41. The maximum Gasteiger partial charge on any atom is 0.171 e. The fourth-order valence-corrected chi connectivity index (χ4v) is 3.66. The molecular weight excluding hydrogens is 323 g/mol. The summed E-state index contributed by atoms with van der Waals surface area (Å²) in [5, 5.41) is 7.21. The van der Waals surface area contributed by atoms with Gasteiger partial charge in [-0.25, -0.2) is 4.39 Å². The third-order valence-electron chi connectivity index (χ3n) is 4.64. The van der Waals surface area contributed by atoms with Crippen molar-refractivity contribution in [2.45, 2.75) is 18.9 Å². The van der Waals surface area contributed by atoms with Crippen LogP contribution in [0.25, 0.3) is 5.70 Å². The zero-order valence-electron chi connectivity index (χ0n) is 13.2. The Morgan fingerprint density at radius 3 is 2.67 bits per heavy atom. The molecule has 3 nitrogen and oxygen atoms in total. The number of rotatable bonds is 2. The first-order valence-electron chi connectivity index (χ1n) is 7.89. The molecule has 4 rings (SSSR count). The number of aryl methyl sites for hydroxylation is 1. The molecule has 0 bridgehead atoms. The zero-order chi connectivity index (χ0) is 16.7. The highest BCUT2D eigenvalue weighted by Crippen LogP contribution is 2.39. The highest BCUT2D eigenvalue weighted by molar-refractivity contribution is 7.80. The maximum atomic E-state index is 13.3. The number of benzene rings is 2. The lowest BCUT2D eigenvalue weighted by atomic mass is 9.83. The number of fused-ring (bicyclic) bond motifs is 2. The van der Waals surface area contributed by atoms with Crippen molar-refractivity contribution >= 4 is 23.0 Å². The van der Waals surface area contributed by atoms with E-state index in [1.54, 1.807) is 7.11 Å². The Kier molecular flexibility index (Phi) is 3.73. The molecule has 0 amide bonds. The predicted molar refractivity (Wildman–Crippen MR) is 96.2 cm³/mol. The van der Waals surface area contributed by atoms with Gasteiger partial charge in [0, 0.05) is 11.3 Å². The summed E-state index contributed by atoms with van der Waals surface area (Å²) < 4.78 is 18.6. The minimum absolute atomic E-state index is 0.0336. The van der Waals surface area contributed by atoms with Crippen LogP contribution in [-0.4, -0.2) is 12.2 Å². The van der Waals surface area contributed by atoms with Crippen LogP contribution in [0.5, 0.6) is 5.75 Å². The molecule has 0 saturated heterocycles. The minimum atomic E-state index is -0.233. The average molecular weight is 340 g/mol. The zero-order valence-corrected chi connectivity index (χ0v) is 14.0. The molecule has 2 aromatic carbocycles. The molecule has 0 spiro atoms. The molecule has 2 aliphatic rings. The summed E-state index contributed by atoms with van der Waals surface area (Å²) >= 11 is 5.41. The van der Waals surface area contributed by atoms with E-state index in [9.17, 15) is 4.39 Å². The Hall–Kier alpha value is -2.40. The maximum absolute atomic E-state index is 13.3. The van der Waals surface area contributed by atoms with Gasteiger partial charge in [-0.15, -0.1) is 0 Å². The molecule has 0 radical (unpaired) electrons. The van der Waals surface area contributed by atoms with Gasteiger partial charge in [0.15, 0.2) is 5.11 Å². The fraction of sp³-hybridized carbons (Fsp3) is 0.211. The number of thiocarbonyl (C=S) groups is 1. The second-order valence-electron chi connectivity index (χ2n) is 6.01. The molecular formula is C19H17FN2OS. The first kappa shape index (κ1) is 15.1. The number of halogens is 1. The Labute approximate surface area is 145 Å². The highest BCUT2D eigenvalue weighted by atomic mass is 32.1. The number of ether oxygens (including phenoxy) is 1. The third kappa shape index (κ3) is 2.55. The monoisotopic (exact) mass is 340 g/mol. The minimum Gasteiger partial charge on any atom is -0.497 e. The van der Waals surface area contributed by atoms with Gasteiger partial charge < -0.3 is 15.4 Å². The lowest BCUT2D eigenvalue weighted by Crippen LogP contribution is -2.44. The van der Waals surface area contributed by atoms with Crippen LogP contribution in [0.3, 0.4) is 0 Å². The van der Waals surface area contributed by atoms with Gasteiger partial charge in [0.05, 0.1) is 13.2 Å². The van der Waals surface area contributed by atoms with Crippen LogP contribution >= 0.6 is 12.2 Å². The molecule has 1 atom stereocenters. The summed E-state index contributed by atoms with van der Waals surface area (Å²) in [5.41, 5.74) is 5.72. The van der Waals surface area contributed by atoms with Crippen LogP contribution in [0.15, 0.2) is 48.0 Å². The van der Waals surface area contributed by atoms with Crippen molar-refractivity contribution in [3.8, 4) is 5.75 Å². The van der Waals surface area contributed by atoms with Crippen molar-refractivity contribution in [1.29, 1.82) is 0 Å². The molecule has 24 heavy (non-hydrogen) atoms. The van der Waals surface area contributed by atoms with Crippen molar-refractivity contribution in [2.75, 3.05) is 7.11 Å². The molecule has 5 heteroatoms. The smallest absolute Gasteiger partial charge is 0.171 e. The lowest BCUT2D eigenvalue weighted by Gasteiger charge is -2.36. The first-order chi connectivity index (χ1) is 11.7. The van der Waals surface area contributed by atoms with E-state index in [0.717, 1.165) is 35.4 Å². The average Bonchev–Trinajstić information content (AvgIpc) is 2.61. The number of hydrogen-bond donors (Lipinski definition) is 2. The normalized spacial score (nSPS) is 19.1. The Morgan fingerprint density at radius 1 is 1.12 bits per heavy atom. The van der Waals surface area contributed by atoms with Gasteiger partial charge in [0.25, 0.3) is 0 Å². The van der Waals surface area contributed by atoms with Gasteiger partial charge in [-0.3, -0.25) is 0 Å². The molecule has 0 aromatic heterocycles. The van der Waals surface area contributed by atoms with Crippen LogP contribution in [-0.2, 0) is 6.42 Å². The predicted octanol–water partition coefficient (Wildman–Crippen LogP) is 3.71. The van der Waals surface area contributed by atoms with Gasteiger partial charge in [-0.2, -0.15) is 0 Å². The molecule has 2 aromatic rings. The topological polar surface area (TPSA) is 33.3 Å². The molecule has 1 unspecified atom stereocenters. The number of nitrogens with one attached hydrogen (secondary N) is 2. The van der Waals surface area contributed by atoms with Gasteiger partial charge >= 0.3 is 0 Å². The standard InChI is InChI=1S/C19H17FN2OS/c1-23-14-8-4-11-5-9-15-17(12-2-6-13(20)7-3-12)21-19(24)22-18(15)16(11)10-14/h2-4,6-8,10,17H,5,9H2,1H3,(H2,21,22,24). The second kappa shape index (κ2) is 5.91. The van der Waals surface area contributed by atoms with Crippen LogP contribution < -0.4 is 15.4 Å². The van der Waals surface area contributed by atoms with E-state index in [-0.39, 0.29) is 11.9 Å². The van der Waals surface area contributed by atoms with Crippen molar-refractivity contribution in [2.24, 2.45) is 0 Å². The number of hydrogen-bond acceptors (Lipinski definition) is 2. The summed E-state index contributed by atoms with van der Waals surface area (Å²) in [4.78, 5) is 0. The summed E-state index contributed by atoms with van der Waals surface area (Å²) in [7, 11) is 1.67. The van der Waals surface area contributed by atoms with Crippen LogP contribution in [0, 0.1) is 5.82 Å². The van der Waals surface area contributed by atoms with E-state index in [1.165, 1.54) is 23.3 Å². The van der Waals surface area contributed by atoms with Crippen LogP contribution in [0.1, 0.15) is 29.2 Å². The first-order valence-corrected chi connectivity index (χ1v) is 8.30. The van der Waals surface area contributed by atoms with Gasteiger partial charge in [0.2, 0.25) is 0 Å². The fourth-order valence-electron chi connectivity index (χ4n) is 3.44.